The molecule has 0 aliphatic rings. The molecule has 18 heavy (non-hydrogen) atoms. The van der Waals surface area contributed by atoms with Gasteiger partial charge in [-0.25, -0.2) is 4.39 Å². The lowest BCUT2D eigenvalue weighted by atomic mass is 10.1. The van der Waals surface area contributed by atoms with E-state index in [2.05, 4.69) is 10.3 Å². The summed E-state index contributed by atoms with van der Waals surface area (Å²) in [7, 11) is 0. The molecule has 1 aromatic heterocycles. The lowest BCUT2D eigenvalue weighted by Crippen LogP contribution is -2.33. The van der Waals surface area contributed by atoms with Crippen LogP contribution in [0.5, 0.6) is 0 Å². The van der Waals surface area contributed by atoms with Crippen LogP contribution >= 0.6 is 0 Å². The van der Waals surface area contributed by atoms with Gasteiger partial charge in [0.15, 0.2) is 0 Å². The number of carbonyl (C=O) groups is 1. The molecular formula is C13H17FN2O2. The molecule has 5 heteroatoms. The molecule has 0 bridgehead atoms. The molecule has 0 aliphatic heterocycles. The van der Waals surface area contributed by atoms with Crippen LogP contribution in [0.4, 0.5) is 4.39 Å². The van der Waals surface area contributed by atoms with Crippen LogP contribution in [0.15, 0.2) is 24.5 Å². The lowest BCUT2D eigenvalue weighted by Gasteiger charge is -2.13. The summed E-state index contributed by atoms with van der Waals surface area (Å²) in [6, 6.07) is 1.25. The minimum atomic E-state index is -0.440. The minimum Gasteiger partial charge on any atom is -0.396 e. The fourth-order valence-corrected chi connectivity index (χ4v) is 1.47. The van der Waals surface area contributed by atoms with Crippen LogP contribution in [0.2, 0.25) is 0 Å². The van der Waals surface area contributed by atoms with Gasteiger partial charge in [0, 0.05) is 24.9 Å². The smallest absolute Gasteiger partial charge is 0.244 e. The summed E-state index contributed by atoms with van der Waals surface area (Å²) in [5, 5.41) is 11.6. The molecule has 98 valence electrons. The number of aromatic nitrogens is 1. The minimum absolute atomic E-state index is 0.0380. The number of rotatable bonds is 6. The van der Waals surface area contributed by atoms with Crippen molar-refractivity contribution in [1.29, 1.82) is 0 Å². The molecule has 2 N–H and O–H groups in total. The molecule has 0 saturated carbocycles. The SMILES string of the molecule is CCC(CCO)NC(=O)/C=C/c1cncc(F)c1. The summed E-state index contributed by atoms with van der Waals surface area (Å²) >= 11 is 0. The van der Waals surface area contributed by atoms with E-state index in [4.69, 9.17) is 5.11 Å². The van der Waals surface area contributed by atoms with Gasteiger partial charge in [-0.05, 0) is 30.5 Å². The molecule has 1 aromatic rings. The highest BCUT2D eigenvalue weighted by Crippen LogP contribution is 2.03. The average molecular weight is 252 g/mol. The lowest BCUT2D eigenvalue weighted by molar-refractivity contribution is -0.117. The van der Waals surface area contributed by atoms with Gasteiger partial charge in [-0.2, -0.15) is 0 Å². The van der Waals surface area contributed by atoms with Gasteiger partial charge in [-0.15, -0.1) is 0 Å². The van der Waals surface area contributed by atoms with Gasteiger partial charge >= 0.3 is 0 Å². The van der Waals surface area contributed by atoms with Crippen molar-refractivity contribution in [3.8, 4) is 0 Å². The van der Waals surface area contributed by atoms with Crippen LogP contribution in [0, 0.1) is 5.82 Å². The summed E-state index contributed by atoms with van der Waals surface area (Å²) in [5.74, 6) is -0.705. The summed E-state index contributed by atoms with van der Waals surface area (Å²) in [4.78, 5) is 15.2. The van der Waals surface area contributed by atoms with Crippen LogP contribution < -0.4 is 5.32 Å². The van der Waals surface area contributed by atoms with E-state index in [1.807, 2.05) is 6.92 Å². The van der Waals surface area contributed by atoms with Gasteiger partial charge in [-0.3, -0.25) is 9.78 Å². The Morgan fingerprint density at radius 2 is 2.39 bits per heavy atom. The number of halogens is 1. The second-order valence-electron chi connectivity index (χ2n) is 3.90. The van der Waals surface area contributed by atoms with Gasteiger partial charge in [-0.1, -0.05) is 6.92 Å². The summed E-state index contributed by atoms with van der Waals surface area (Å²) in [5.41, 5.74) is 0.528. The Morgan fingerprint density at radius 1 is 1.61 bits per heavy atom. The van der Waals surface area contributed by atoms with Gasteiger partial charge in [0.25, 0.3) is 0 Å². The molecule has 0 aromatic carbocycles. The van der Waals surface area contributed by atoms with Crippen LogP contribution in [0.3, 0.4) is 0 Å². The molecule has 0 aliphatic carbocycles. The number of nitrogens with one attached hydrogen (secondary N) is 1. The van der Waals surface area contributed by atoms with Crippen LogP contribution in [-0.4, -0.2) is 28.6 Å². The van der Waals surface area contributed by atoms with E-state index in [0.29, 0.717) is 12.0 Å². The highest BCUT2D eigenvalue weighted by Gasteiger charge is 2.07. The fourth-order valence-electron chi connectivity index (χ4n) is 1.47. The first-order chi connectivity index (χ1) is 8.65. The van der Waals surface area contributed by atoms with Gasteiger partial charge in [0.05, 0.1) is 6.20 Å². The Balaban J connectivity index is 2.53. The molecule has 0 fully saturated rings. The van der Waals surface area contributed by atoms with Crippen molar-refractivity contribution in [2.24, 2.45) is 0 Å². The van der Waals surface area contributed by atoms with Gasteiger partial charge in [0.1, 0.15) is 5.82 Å². The van der Waals surface area contributed by atoms with Crippen molar-refractivity contribution in [3.05, 3.63) is 35.9 Å². The second-order valence-corrected chi connectivity index (χ2v) is 3.90. The van der Waals surface area contributed by atoms with Crippen molar-refractivity contribution in [2.45, 2.75) is 25.8 Å². The zero-order valence-electron chi connectivity index (χ0n) is 10.3. The molecule has 1 atom stereocenters. The van der Waals surface area contributed by atoms with Crippen molar-refractivity contribution in [3.63, 3.8) is 0 Å². The standard InChI is InChI=1S/C13H17FN2O2/c1-2-12(5-6-17)16-13(18)4-3-10-7-11(14)9-15-8-10/h3-4,7-9,12,17H,2,5-6H2,1H3,(H,16,18)/b4-3+. The third-order valence-electron chi connectivity index (χ3n) is 2.47. The van der Waals surface area contributed by atoms with E-state index < -0.39 is 5.82 Å². The number of nitrogens with zero attached hydrogens (tertiary/aromatic N) is 1. The van der Waals surface area contributed by atoms with Crippen LogP contribution in [-0.2, 0) is 4.79 Å². The van der Waals surface area contributed by atoms with Crippen molar-refractivity contribution in [1.82, 2.24) is 10.3 Å². The normalized spacial score (nSPS) is 12.6. The number of hydrogen-bond acceptors (Lipinski definition) is 3. The topological polar surface area (TPSA) is 62.2 Å². The number of hydrogen-bond donors (Lipinski definition) is 2. The highest BCUT2D eigenvalue weighted by atomic mass is 19.1. The van der Waals surface area contributed by atoms with Crippen LogP contribution in [0.25, 0.3) is 6.08 Å². The molecule has 1 heterocycles. The van der Waals surface area contributed by atoms with Crippen LogP contribution in [0.1, 0.15) is 25.3 Å². The van der Waals surface area contributed by atoms with Crippen molar-refractivity contribution in [2.75, 3.05) is 6.61 Å². The predicted molar refractivity (Wildman–Crippen MR) is 67.2 cm³/mol. The average Bonchev–Trinajstić information content (AvgIpc) is 2.36. The quantitative estimate of drug-likeness (QED) is 0.754. The maximum Gasteiger partial charge on any atom is 0.244 e. The highest BCUT2D eigenvalue weighted by molar-refractivity contribution is 5.91. The summed E-state index contributed by atoms with van der Waals surface area (Å²) in [6.07, 6.45) is 6.68. The van der Waals surface area contributed by atoms with E-state index in [1.165, 1.54) is 24.4 Å². The number of aliphatic hydroxyl groups is 1. The molecule has 1 amide bonds. The molecule has 0 spiro atoms. The van der Waals surface area contributed by atoms with E-state index >= 15 is 0 Å². The molecule has 4 nitrogen and oxygen atoms in total. The molecule has 1 rings (SSSR count). The van der Waals surface area contributed by atoms with E-state index in [-0.39, 0.29) is 18.6 Å². The molecular weight excluding hydrogens is 235 g/mol. The van der Waals surface area contributed by atoms with Gasteiger partial charge in [0.2, 0.25) is 5.91 Å². The van der Waals surface area contributed by atoms with Crippen molar-refractivity contribution < 1.29 is 14.3 Å². The van der Waals surface area contributed by atoms with Gasteiger partial charge < -0.3 is 10.4 Å². The first kappa shape index (κ1) is 14.3. The first-order valence-corrected chi connectivity index (χ1v) is 5.85. The second kappa shape index (κ2) is 7.55. The van der Waals surface area contributed by atoms with E-state index in [0.717, 1.165) is 12.6 Å². The van der Waals surface area contributed by atoms with E-state index in [9.17, 15) is 9.18 Å². The largest absolute Gasteiger partial charge is 0.396 e. The predicted octanol–water partition coefficient (Wildman–Crippen LogP) is 1.51. The fraction of sp³-hybridized carbons (Fsp3) is 0.385. The Bertz CT molecular complexity index is 421. The molecule has 1 unspecified atom stereocenters. The zero-order chi connectivity index (χ0) is 13.4. The molecule has 0 radical (unpaired) electrons. The maximum absolute atomic E-state index is 12.8. The number of aliphatic hydroxyl groups excluding tert-OH is 1. The Kier molecular flexibility index (Phi) is 6.00. The number of carbonyl (C=O) groups excluding carboxylic acids is 1. The number of amides is 1. The summed E-state index contributed by atoms with van der Waals surface area (Å²) in [6.45, 7) is 1.97. The monoisotopic (exact) mass is 252 g/mol. The molecule has 0 saturated heterocycles. The maximum atomic E-state index is 12.8. The van der Waals surface area contributed by atoms with E-state index in [1.54, 1.807) is 0 Å². The zero-order valence-corrected chi connectivity index (χ0v) is 10.3. The third-order valence-corrected chi connectivity index (χ3v) is 2.47. The Labute approximate surface area is 106 Å². The first-order valence-electron chi connectivity index (χ1n) is 5.85. The Hall–Kier alpha value is -1.75. The third kappa shape index (κ3) is 5.05. The van der Waals surface area contributed by atoms with Crippen molar-refractivity contribution >= 4 is 12.0 Å². The Morgan fingerprint density at radius 3 is 3.00 bits per heavy atom. The number of pyridine rings is 1. The summed E-state index contributed by atoms with van der Waals surface area (Å²) < 4.78 is 12.8.